The molecule has 2 heterocycles. The Balaban J connectivity index is 0.00000261. The first-order valence-electron chi connectivity index (χ1n) is 9.67. The van der Waals surface area contributed by atoms with Crippen molar-refractivity contribution in [1.29, 1.82) is 0 Å². The van der Waals surface area contributed by atoms with Gasteiger partial charge in [0.25, 0.3) is 0 Å². The van der Waals surface area contributed by atoms with Crippen molar-refractivity contribution in [1.82, 2.24) is 10.2 Å². The molecule has 2 unspecified atom stereocenters. The predicted molar refractivity (Wildman–Crippen MR) is 122 cm³/mol. The van der Waals surface area contributed by atoms with Gasteiger partial charge in [0.1, 0.15) is 0 Å². The van der Waals surface area contributed by atoms with Gasteiger partial charge in [0.2, 0.25) is 5.91 Å². The van der Waals surface area contributed by atoms with Crippen LogP contribution in [0.25, 0.3) is 0 Å². The Labute approximate surface area is 179 Å². The summed E-state index contributed by atoms with van der Waals surface area (Å²) in [4.78, 5) is 20.4. The van der Waals surface area contributed by atoms with Gasteiger partial charge < -0.3 is 20.9 Å². The molecule has 6 nitrogen and oxygen atoms in total. The number of nitrogens with two attached hydrogens (primary N) is 1. The van der Waals surface area contributed by atoms with Crippen molar-refractivity contribution >= 4 is 41.5 Å². The van der Waals surface area contributed by atoms with Crippen molar-refractivity contribution in [3.8, 4) is 0 Å². The zero-order valence-corrected chi connectivity index (χ0v) is 18.7. The Morgan fingerprint density at radius 1 is 1.37 bits per heavy atom. The van der Waals surface area contributed by atoms with Gasteiger partial charge in [-0.1, -0.05) is 18.2 Å². The van der Waals surface area contributed by atoms with Crippen LogP contribution < -0.4 is 16.0 Å². The Bertz CT molecular complexity index is 666. The first-order chi connectivity index (χ1) is 12.6. The number of hydrogen-bond donors (Lipinski definition) is 2. The minimum absolute atomic E-state index is 0. The van der Waals surface area contributed by atoms with E-state index in [0.29, 0.717) is 18.4 Å². The summed E-state index contributed by atoms with van der Waals surface area (Å²) in [5.41, 5.74) is 8.17. The normalized spacial score (nSPS) is 22.2. The monoisotopic (exact) mass is 485 g/mol. The van der Waals surface area contributed by atoms with Crippen molar-refractivity contribution in [2.75, 3.05) is 38.1 Å². The number of carbonyl (C=O) groups excluding carboxylic acids is 1. The highest BCUT2D eigenvalue weighted by molar-refractivity contribution is 14.0. The fraction of sp³-hybridized carbons (Fsp3) is 0.600. The van der Waals surface area contributed by atoms with Gasteiger partial charge in [-0.25, -0.2) is 0 Å². The third-order valence-corrected chi connectivity index (χ3v) is 5.50. The van der Waals surface area contributed by atoms with Crippen molar-refractivity contribution < 1.29 is 4.79 Å². The second kappa shape index (κ2) is 10.1. The fourth-order valence-corrected chi connectivity index (χ4v) is 4.30. The van der Waals surface area contributed by atoms with E-state index in [1.165, 1.54) is 11.3 Å². The van der Waals surface area contributed by atoms with Crippen molar-refractivity contribution in [2.45, 2.75) is 38.6 Å². The van der Waals surface area contributed by atoms with Crippen LogP contribution in [0.1, 0.15) is 31.7 Å². The highest BCUT2D eigenvalue weighted by Gasteiger charge is 2.26. The second-order valence-corrected chi connectivity index (χ2v) is 7.47. The van der Waals surface area contributed by atoms with Crippen LogP contribution in [0.3, 0.4) is 0 Å². The summed E-state index contributed by atoms with van der Waals surface area (Å²) in [5.74, 6) is 1.06. The number of para-hydroxylation sites is 1. The van der Waals surface area contributed by atoms with E-state index in [4.69, 9.17) is 5.73 Å². The molecule has 1 aromatic carbocycles. The molecule has 1 saturated heterocycles. The Morgan fingerprint density at radius 2 is 2.15 bits per heavy atom. The van der Waals surface area contributed by atoms with Gasteiger partial charge in [0.05, 0.1) is 0 Å². The van der Waals surface area contributed by atoms with E-state index >= 15 is 0 Å². The molecule has 3 rings (SSSR count). The van der Waals surface area contributed by atoms with Crippen LogP contribution in [0.2, 0.25) is 0 Å². The van der Waals surface area contributed by atoms with E-state index in [0.717, 1.165) is 51.4 Å². The molecular formula is C20H32IN5O. The molecule has 0 spiro atoms. The number of primary amides is 1. The minimum atomic E-state index is -0.207. The van der Waals surface area contributed by atoms with Crippen molar-refractivity contribution in [3.63, 3.8) is 0 Å². The topological polar surface area (TPSA) is 74.0 Å². The second-order valence-electron chi connectivity index (χ2n) is 7.47. The van der Waals surface area contributed by atoms with E-state index in [1.54, 1.807) is 0 Å². The van der Waals surface area contributed by atoms with E-state index in [9.17, 15) is 4.79 Å². The first kappa shape index (κ1) is 21.8. The van der Waals surface area contributed by atoms with Crippen LogP contribution in [0.15, 0.2) is 29.3 Å². The summed E-state index contributed by atoms with van der Waals surface area (Å²) in [6.07, 6.45) is 3.73. The number of nitrogens with zero attached hydrogens (tertiary/aromatic N) is 3. The van der Waals surface area contributed by atoms with Gasteiger partial charge in [0.15, 0.2) is 5.96 Å². The van der Waals surface area contributed by atoms with E-state index in [-0.39, 0.29) is 29.9 Å². The number of anilines is 1. The molecule has 1 fully saturated rings. The molecule has 7 heteroatoms. The third-order valence-electron chi connectivity index (χ3n) is 5.50. The smallest absolute Gasteiger partial charge is 0.217 e. The maximum Gasteiger partial charge on any atom is 0.217 e. The number of hydrogen-bond acceptors (Lipinski definition) is 3. The lowest BCUT2D eigenvalue weighted by molar-refractivity contribution is -0.119. The average molecular weight is 485 g/mol. The Kier molecular flexibility index (Phi) is 8.19. The van der Waals surface area contributed by atoms with Crippen LogP contribution in [0.4, 0.5) is 5.69 Å². The molecule has 150 valence electrons. The molecule has 0 aromatic heterocycles. The molecule has 2 aliphatic rings. The number of carbonyl (C=O) groups is 1. The molecule has 3 N–H and O–H groups in total. The van der Waals surface area contributed by atoms with Gasteiger partial charge in [-0.2, -0.15) is 0 Å². The molecule has 27 heavy (non-hydrogen) atoms. The lowest BCUT2D eigenvalue weighted by Gasteiger charge is -2.35. The molecule has 0 saturated carbocycles. The number of benzene rings is 1. The quantitative estimate of drug-likeness (QED) is 0.381. The van der Waals surface area contributed by atoms with Crippen molar-refractivity contribution in [3.05, 3.63) is 29.8 Å². The highest BCUT2D eigenvalue weighted by atomic mass is 127. The van der Waals surface area contributed by atoms with Gasteiger partial charge in [0, 0.05) is 51.4 Å². The average Bonchev–Trinajstić information content (AvgIpc) is 2.94. The van der Waals surface area contributed by atoms with Crippen LogP contribution >= 0.6 is 24.0 Å². The summed E-state index contributed by atoms with van der Waals surface area (Å²) in [6.45, 7) is 5.93. The molecular weight excluding hydrogens is 453 g/mol. The number of halogens is 1. The number of guanidine groups is 1. The molecule has 0 bridgehead atoms. The van der Waals surface area contributed by atoms with Crippen molar-refractivity contribution in [2.24, 2.45) is 16.6 Å². The number of fused-ring (bicyclic) bond motifs is 1. The van der Waals surface area contributed by atoms with E-state index in [2.05, 4.69) is 51.3 Å². The molecule has 2 atom stereocenters. The maximum atomic E-state index is 11.2. The van der Waals surface area contributed by atoms with Crippen LogP contribution in [-0.2, 0) is 11.2 Å². The molecule has 1 amide bonds. The zero-order chi connectivity index (χ0) is 18.5. The van der Waals surface area contributed by atoms with Crippen LogP contribution in [0.5, 0.6) is 0 Å². The number of nitrogens with one attached hydrogen (secondary N) is 1. The minimum Gasteiger partial charge on any atom is -0.370 e. The largest absolute Gasteiger partial charge is 0.370 e. The van der Waals surface area contributed by atoms with Crippen LogP contribution in [-0.4, -0.2) is 56.0 Å². The van der Waals surface area contributed by atoms with Gasteiger partial charge in [-0.05, 0) is 43.7 Å². The van der Waals surface area contributed by atoms with E-state index < -0.39 is 0 Å². The number of aliphatic imine (C=N–C) groups is 1. The molecule has 1 aromatic rings. The number of likely N-dealkylation sites (tertiary alicyclic amines) is 1. The van der Waals surface area contributed by atoms with E-state index in [1.807, 2.05) is 7.05 Å². The SMILES string of the molecule is CN=C(NCCN1c2ccccc2CC1C)N1CCCC(CC(N)=O)C1.I. The van der Waals surface area contributed by atoms with Gasteiger partial charge in [-0.15, -0.1) is 24.0 Å². The number of piperidine rings is 1. The Hall–Kier alpha value is -1.51. The number of amides is 1. The fourth-order valence-electron chi connectivity index (χ4n) is 4.30. The van der Waals surface area contributed by atoms with Gasteiger partial charge >= 0.3 is 0 Å². The lowest BCUT2D eigenvalue weighted by Crippen LogP contribution is -2.49. The summed E-state index contributed by atoms with van der Waals surface area (Å²) in [6, 6.07) is 9.21. The maximum absolute atomic E-state index is 11.2. The summed E-state index contributed by atoms with van der Waals surface area (Å²) < 4.78 is 0. The zero-order valence-electron chi connectivity index (χ0n) is 16.4. The third kappa shape index (κ3) is 5.49. The molecule has 2 aliphatic heterocycles. The predicted octanol–water partition coefficient (Wildman–Crippen LogP) is 2.22. The summed E-state index contributed by atoms with van der Waals surface area (Å²) in [5, 5.41) is 3.51. The highest BCUT2D eigenvalue weighted by Crippen LogP contribution is 2.31. The standard InChI is InChI=1S/C20H31N5O.HI/c1-15-12-17-7-3-4-8-18(17)25(15)11-9-23-20(22-2)24-10-5-6-16(14-24)13-19(21)26;/h3-4,7-8,15-16H,5-6,9-14H2,1-2H3,(H2,21,26)(H,22,23);1H. The molecule has 0 aliphatic carbocycles. The van der Waals surface area contributed by atoms with Gasteiger partial charge in [-0.3, -0.25) is 9.79 Å². The number of rotatable bonds is 5. The molecule has 0 radical (unpaired) electrons. The summed E-state index contributed by atoms with van der Waals surface area (Å²) in [7, 11) is 1.83. The first-order valence-corrected chi connectivity index (χ1v) is 9.67. The Morgan fingerprint density at radius 3 is 2.89 bits per heavy atom. The lowest BCUT2D eigenvalue weighted by atomic mass is 9.95. The van der Waals surface area contributed by atoms with Crippen LogP contribution in [0, 0.1) is 5.92 Å². The summed E-state index contributed by atoms with van der Waals surface area (Å²) >= 11 is 0.